The first kappa shape index (κ1) is 18.9. The van der Waals surface area contributed by atoms with Gasteiger partial charge in [-0.3, -0.25) is 10.2 Å². The van der Waals surface area contributed by atoms with Gasteiger partial charge < -0.3 is 9.84 Å². The number of aryl methyl sites for hydroxylation is 1. The van der Waals surface area contributed by atoms with E-state index >= 15 is 0 Å². The summed E-state index contributed by atoms with van der Waals surface area (Å²) in [7, 11) is 0. The third-order valence-electron chi connectivity index (χ3n) is 4.65. The fourth-order valence-corrected chi connectivity index (χ4v) is 4.64. The van der Waals surface area contributed by atoms with Crippen LogP contribution in [0.4, 0.5) is 15.5 Å². The Hall–Kier alpha value is -2.42. The second-order valence-corrected chi connectivity index (χ2v) is 8.10. The van der Waals surface area contributed by atoms with E-state index in [0.29, 0.717) is 22.4 Å². The average Bonchev–Trinajstić information content (AvgIpc) is 3.25. The van der Waals surface area contributed by atoms with Crippen LogP contribution in [-0.4, -0.2) is 34.2 Å². The second kappa shape index (κ2) is 7.90. The van der Waals surface area contributed by atoms with Gasteiger partial charge in [-0.25, -0.2) is 4.79 Å². The third-order valence-corrected chi connectivity index (χ3v) is 6.04. The highest BCUT2D eigenvalue weighted by molar-refractivity contribution is 7.17. The molecule has 0 saturated carbocycles. The lowest BCUT2D eigenvalue weighted by atomic mass is 10.0. The minimum Gasteiger partial charge on any atom is -0.334 e. The summed E-state index contributed by atoms with van der Waals surface area (Å²) < 4.78 is 5.43. The van der Waals surface area contributed by atoms with Gasteiger partial charge in [-0.05, 0) is 49.7 Å². The average molecular weight is 418 g/mol. The van der Waals surface area contributed by atoms with E-state index in [-0.39, 0.29) is 6.03 Å². The van der Waals surface area contributed by atoms with Crippen LogP contribution in [0.15, 0.2) is 28.8 Å². The topological polar surface area (TPSA) is 83.3 Å². The Morgan fingerprint density at radius 2 is 2.11 bits per heavy atom. The van der Waals surface area contributed by atoms with Crippen LogP contribution < -0.4 is 10.6 Å². The third kappa shape index (κ3) is 3.89. The number of thiophene rings is 1. The molecule has 146 valence electrons. The van der Waals surface area contributed by atoms with Crippen molar-refractivity contribution in [1.29, 1.82) is 0 Å². The Morgan fingerprint density at radius 1 is 1.32 bits per heavy atom. The molecule has 1 aromatic carbocycles. The van der Waals surface area contributed by atoms with Crippen LogP contribution in [0, 0.1) is 6.92 Å². The number of hydrogen-bond donors (Lipinski definition) is 2. The van der Waals surface area contributed by atoms with Gasteiger partial charge in [0.05, 0.1) is 5.56 Å². The van der Waals surface area contributed by atoms with Gasteiger partial charge in [0, 0.05) is 28.7 Å². The molecule has 0 atom stereocenters. The summed E-state index contributed by atoms with van der Waals surface area (Å²) in [5.41, 5.74) is 2.68. The van der Waals surface area contributed by atoms with Crippen molar-refractivity contribution in [3.8, 4) is 11.5 Å². The van der Waals surface area contributed by atoms with Gasteiger partial charge in [0.2, 0.25) is 0 Å². The SMILES string of the molecule is CCN1CCc2c(sc(NC(=O)Nc3ccc(Cl)cc3)c2-c2nc(C)no2)C1. The van der Waals surface area contributed by atoms with Crippen LogP contribution in [-0.2, 0) is 13.0 Å². The molecule has 0 unspecified atom stereocenters. The Labute approximate surface area is 171 Å². The molecule has 0 saturated heterocycles. The number of likely N-dealkylation sites (N-methyl/N-ethyl adjacent to an activating group) is 1. The van der Waals surface area contributed by atoms with Crippen molar-refractivity contribution in [2.45, 2.75) is 26.8 Å². The molecule has 0 radical (unpaired) electrons. The normalized spacial score (nSPS) is 14.0. The zero-order chi connectivity index (χ0) is 19.7. The second-order valence-electron chi connectivity index (χ2n) is 6.56. The highest BCUT2D eigenvalue weighted by atomic mass is 35.5. The molecule has 0 bridgehead atoms. The van der Waals surface area contributed by atoms with Gasteiger partial charge >= 0.3 is 6.03 Å². The highest BCUT2D eigenvalue weighted by Gasteiger charge is 2.28. The zero-order valence-electron chi connectivity index (χ0n) is 15.6. The van der Waals surface area contributed by atoms with Gasteiger partial charge in [0.25, 0.3) is 5.89 Å². The van der Waals surface area contributed by atoms with E-state index < -0.39 is 0 Å². The maximum atomic E-state index is 12.6. The maximum Gasteiger partial charge on any atom is 0.324 e. The quantitative estimate of drug-likeness (QED) is 0.638. The number of carbonyl (C=O) groups excluding carboxylic acids is 1. The molecule has 2 amide bonds. The van der Waals surface area contributed by atoms with Gasteiger partial charge in [-0.1, -0.05) is 23.7 Å². The van der Waals surface area contributed by atoms with Crippen molar-refractivity contribution in [3.05, 3.63) is 45.6 Å². The first-order valence-electron chi connectivity index (χ1n) is 9.04. The lowest BCUT2D eigenvalue weighted by Crippen LogP contribution is -2.29. The molecule has 7 nitrogen and oxygen atoms in total. The largest absolute Gasteiger partial charge is 0.334 e. The molecule has 2 N–H and O–H groups in total. The van der Waals surface area contributed by atoms with E-state index in [2.05, 4.69) is 32.6 Å². The number of anilines is 2. The number of rotatable bonds is 4. The van der Waals surface area contributed by atoms with E-state index in [1.165, 1.54) is 10.4 Å². The number of fused-ring (bicyclic) bond motifs is 1. The van der Waals surface area contributed by atoms with Crippen LogP contribution in [0.1, 0.15) is 23.2 Å². The molecule has 9 heteroatoms. The van der Waals surface area contributed by atoms with Crippen LogP contribution in [0.5, 0.6) is 0 Å². The predicted molar refractivity (Wildman–Crippen MR) is 111 cm³/mol. The molecular weight excluding hydrogens is 398 g/mol. The van der Waals surface area contributed by atoms with E-state index in [0.717, 1.165) is 36.6 Å². The summed E-state index contributed by atoms with van der Waals surface area (Å²) in [6.45, 7) is 6.75. The van der Waals surface area contributed by atoms with Gasteiger partial charge in [-0.15, -0.1) is 11.3 Å². The maximum absolute atomic E-state index is 12.6. The number of halogens is 1. The predicted octanol–water partition coefficient (Wildman–Crippen LogP) is 4.78. The van der Waals surface area contributed by atoms with Crippen LogP contribution in [0.25, 0.3) is 11.5 Å². The number of benzene rings is 1. The van der Waals surface area contributed by atoms with Crippen LogP contribution in [0.2, 0.25) is 5.02 Å². The lowest BCUT2D eigenvalue weighted by molar-refractivity contribution is 0.262. The van der Waals surface area contributed by atoms with Crippen molar-refractivity contribution in [2.24, 2.45) is 0 Å². The van der Waals surface area contributed by atoms with Crippen molar-refractivity contribution in [2.75, 3.05) is 23.7 Å². The number of aromatic nitrogens is 2. The summed E-state index contributed by atoms with van der Waals surface area (Å²) in [6, 6.07) is 6.64. The Bertz CT molecular complexity index is 998. The number of hydrogen-bond acceptors (Lipinski definition) is 6. The molecule has 28 heavy (non-hydrogen) atoms. The first-order chi connectivity index (χ1) is 13.5. The molecule has 0 aliphatic carbocycles. The minimum absolute atomic E-state index is 0.328. The molecular formula is C19H20ClN5O2S. The summed E-state index contributed by atoms with van der Waals surface area (Å²) in [5.74, 6) is 1.01. The van der Waals surface area contributed by atoms with Gasteiger partial charge in [0.1, 0.15) is 5.00 Å². The van der Waals surface area contributed by atoms with Crippen molar-refractivity contribution >= 4 is 39.7 Å². The molecule has 1 aliphatic rings. The summed E-state index contributed by atoms with van der Waals surface area (Å²) in [4.78, 5) is 20.6. The Morgan fingerprint density at radius 3 is 2.79 bits per heavy atom. The van der Waals surface area contributed by atoms with E-state index in [9.17, 15) is 4.79 Å². The molecule has 4 rings (SSSR count). The van der Waals surface area contributed by atoms with Crippen molar-refractivity contribution in [3.63, 3.8) is 0 Å². The number of nitrogens with zero attached hydrogens (tertiary/aromatic N) is 3. The molecule has 0 fully saturated rings. The van der Waals surface area contributed by atoms with Crippen molar-refractivity contribution < 1.29 is 9.32 Å². The summed E-state index contributed by atoms with van der Waals surface area (Å²) in [6.07, 6.45) is 0.886. The summed E-state index contributed by atoms with van der Waals surface area (Å²) in [5, 5.41) is 11.0. The number of nitrogens with one attached hydrogen (secondary N) is 2. The van der Waals surface area contributed by atoms with Gasteiger partial charge in [0.15, 0.2) is 5.82 Å². The lowest BCUT2D eigenvalue weighted by Gasteiger charge is -2.25. The van der Waals surface area contributed by atoms with Crippen LogP contribution >= 0.6 is 22.9 Å². The number of urea groups is 1. The molecule has 1 aliphatic heterocycles. The Balaban J connectivity index is 1.63. The fourth-order valence-electron chi connectivity index (χ4n) is 3.24. The van der Waals surface area contributed by atoms with Crippen LogP contribution in [0.3, 0.4) is 0 Å². The molecule has 3 heterocycles. The van der Waals surface area contributed by atoms with Gasteiger partial charge in [-0.2, -0.15) is 4.98 Å². The molecule has 3 aromatic rings. The fraction of sp³-hybridized carbons (Fsp3) is 0.316. The molecule has 2 aromatic heterocycles. The smallest absolute Gasteiger partial charge is 0.324 e. The zero-order valence-corrected chi connectivity index (χ0v) is 17.2. The van der Waals surface area contributed by atoms with E-state index in [4.69, 9.17) is 16.1 Å². The van der Waals surface area contributed by atoms with E-state index in [1.54, 1.807) is 42.5 Å². The monoisotopic (exact) mass is 417 g/mol. The van der Waals surface area contributed by atoms with E-state index in [1.807, 2.05) is 0 Å². The molecule has 0 spiro atoms. The Kier molecular flexibility index (Phi) is 5.34. The van der Waals surface area contributed by atoms with Crippen molar-refractivity contribution in [1.82, 2.24) is 15.0 Å². The highest BCUT2D eigenvalue weighted by Crippen LogP contribution is 2.43. The minimum atomic E-state index is -0.328. The standard InChI is InChI=1S/C19H20ClN5O2S/c1-3-25-9-8-14-15(10-25)28-18(16(14)17-21-11(2)24-27-17)23-19(26)22-13-6-4-12(20)5-7-13/h4-7H,3,8-10H2,1-2H3,(H2,22,23,26). The number of amides is 2. The number of carbonyl (C=O) groups is 1. The first-order valence-corrected chi connectivity index (χ1v) is 10.2. The summed E-state index contributed by atoms with van der Waals surface area (Å²) >= 11 is 7.46.